The van der Waals surface area contributed by atoms with Crippen LogP contribution in [0.15, 0.2) is 24.3 Å². The molecule has 2 atom stereocenters. The third-order valence-electron chi connectivity index (χ3n) is 4.67. The first-order valence-corrected chi connectivity index (χ1v) is 7.79. The van der Waals surface area contributed by atoms with Crippen molar-refractivity contribution in [2.24, 2.45) is 11.7 Å². The van der Waals surface area contributed by atoms with E-state index in [1.165, 1.54) is 0 Å². The normalized spacial score (nSPS) is 27.3. The second kappa shape index (κ2) is 5.38. The molecule has 1 aromatic rings. The molecule has 4 heteroatoms. The second-order valence-electron chi connectivity index (χ2n) is 6.20. The fraction of sp³-hybridized carbons (Fsp3) is 0.562. The molecule has 0 aliphatic heterocycles. The minimum Gasteiger partial charge on any atom is -0.347 e. The van der Waals surface area contributed by atoms with Crippen LogP contribution in [0.2, 0.25) is 5.02 Å². The number of nitrogens with one attached hydrogen (secondary N) is 1. The molecule has 3 nitrogen and oxygen atoms in total. The highest BCUT2D eigenvalue weighted by molar-refractivity contribution is 6.30. The lowest BCUT2D eigenvalue weighted by Crippen LogP contribution is -2.37. The first-order chi connectivity index (χ1) is 9.59. The summed E-state index contributed by atoms with van der Waals surface area (Å²) in [6, 6.07) is 8.00. The van der Waals surface area contributed by atoms with Gasteiger partial charge in [-0.3, -0.25) is 4.79 Å². The van der Waals surface area contributed by atoms with Crippen molar-refractivity contribution < 1.29 is 4.79 Å². The molecule has 0 spiro atoms. The maximum absolute atomic E-state index is 12.3. The zero-order chi connectivity index (χ0) is 14.2. The zero-order valence-corrected chi connectivity index (χ0v) is 12.3. The van der Waals surface area contributed by atoms with Crippen LogP contribution in [0.4, 0.5) is 0 Å². The van der Waals surface area contributed by atoms with Crippen LogP contribution < -0.4 is 11.1 Å². The van der Waals surface area contributed by atoms with Crippen molar-refractivity contribution in [2.45, 2.75) is 50.1 Å². The number of rotatable bonds is 4. The predicted molar refractivity (Wildman–Crippen MR) is 80.4 cm³/mol. The summed E-state index contributed by atoms with van der Waals surface area (Å²) in [5.74, 6) is 0.481. The number of halogens is 1. The molecule has 108 valence electrons. The quantitative estimate of drug-likeness (QED) is 0.896. The van der Waals surface area contributed by atoms with Gasteiger partial charge in [0.15, 0.2) is 0 Å². The van der Waals surface area contributed by atoms with Crippen LogP contribution >= 0.6 is 11.6 Å². The molecular formula is C16H21ClN2O. The summed E-state index contributed by atoms with van der Waals surface area (Å²) in [6.45, 7) is 0. The van der Waals surface area contributed by atoms with Crippen LogP contribution in [0.5, 0.6) is 0 Å². The van der Waals surface area contributed by atoms with E-state index in [4.69, 9.17) is 17.3 Å². The van der Waals surface area contributed by atoms with Gasteiger partial charge in [-0.1, -0.05) is 30.2 Å². The molecule has 3 N–H and O–H groups in total. The molecule has 0 unspecified atom stereocenters. The summed E-state index contributed by atoms with van der Waals surface area (Å²) < 4.78 is 0. The lowest BCUT2D eigenvalue weighted by molar-refractivity contribution is -0.123. The van der Waals surface area contributed by atoms with Crippen molar-refractivity contribution >= 4 is 17.5 Å². The van der Waals surface area contributed by atoms with Gasteiger partial charge in [-0.15, -0.1) is 0 Å². The monoisotopic (exact) mass is 292 g/mol. The zero-order valence-electron chi connectivity index (χ0n) is 11.6. The van der Waals surface area contributed by atoms with Crippen molar-refractivity contribution in [3.63, 3.8) is 0 Å². The van der Waals surface area contributed by atoms with E-state index < -0.39 is 0 Å². The van der Waals surface area contributed by atoms with Gasteiger partial charge in [-0.2, -0.15) is 0 Å². The smallest absolute Gasteiger partial charge is 0.221 e. The summed E-state index contributed by atoms with van der Waals surface area (Å²) >= 11 is 6.04. The highest BCUT2D eigenvalue weighted by atomic mass is 35.5. The van der Waals surface area contributed by atoms with Crippen LogP contribution in [0.25, 0.3) is 0 Å². The van der Waals surface area contributed by atoms with Crippen LogP contribution in [0, 0.1) is 5.92 Å². The number of carbonyl (C=O) groups is 1. The molecular weight excluding hydrogens is 272 g/mol. The standard InChI is InChI=1S/C16H21ClN2O/c17-13-5-2-4-12(10-13)16(7-8-16)19-15(20)9-11-3-1-6-14(11)18/h2,4-5,10-11,14H,1,3,6-9,18H2,(H,19,20)/t11-,14+/m0/s1. The lowest BCUT2D eigenvalue weighted by atomic mass is 9.98. The van der Waals surface area contributed by atoms with E-state index in [1.807, 2.05) is 24.3 Å². The van der Waals surface area contributed by atoms with Gasteiger partial charge in [-0.25, -0.2) is 0 Å². The molecule has 0 aromatic heterocycles. The van der Waals surface area contributed by atoms with Gasteiger partial charge in [0.1, 0.15) is 0 Å². The molecule has 0 bridgehead atoms. The summed E-state index contributed by atoms with van der Waals surface area (Å²) in [7, 11) is 0. The Balaban J connectivity index is 1.63. The average molecular weight is 293 g/mol. The number of benzene rings is 1. The second-order valence-corrected chi connectivity index (χ2v) is 6.64. The predicted octanol–water partition coefficient (Wildman–Crippen LogP) is 2.96. The number of nitrogens with two attached hydrogens (primary N) is 1. The summed E-state index contributed by atoms with van der Waals surface area (Å²) in [5, 5.41) is 3.93. The molecule has 3 rings (SSSR count). The van der Waals surface area contributed by atoms with E-state index in [0.717, 1.165) is 42.7 Å². The Kier molecular flexibility index (Phi) is 3.74. The average Bonchev–Trinajstić information content (AvgIpc) is 3.08. The van der Waals surface area contributed by atoms with E-state index >= 15 is 0 Å². The Morgan fingerprint density at radius 1 is 1.40 bits per heavy atom. The van der Waals surface area contributed by atoms with Gasteiger partial charge in [-0.05, 0) is 49.3 Å². The molecule has 2 saturated carbocycles. The SMILES string of the molecule is N[C@@H]1CCC[C@H]1CC(=O)NC1(c2cccc(Cl)c2)CC1. The maximum atomic E-state index is 12.3. The summed E-state index contributed by atoms with van der Waals surface area (Å²) in [5.41, 5.74) is 6.98. The molecule has 2 fully saturated rings. The molecule has 1 aromatic carbocycles. The number of hydrogen-bond donors (Lipinski definition) is 2. The highest BCUT2D eigenvalue weighted by Gasteiger charge is 2.46. The molecule has 0 heterocycles. The van der Waals surface area contributed by atoms with Gasteiger partial charge >= 0.3 is 0 Å². The molecule has 1 amide bonds. The Bertz CT molecular complexity index is 513. The van der Waals surface area contributed by atoms with Gasteiger partial charge < -0.3 is 11.1 Å². The van der Waals surface area contributed by atoms with E-state index in [0.29, 0.717) is 12.3 Å². The minimum absolute atomic E-state index is 0.129. The van der Waals surface area contributed by atoms with Crippen LogP contribution in [0.1, 0.15) is 44.1 Å². The van der Waals surface area contributed by atoms with E-state index in [2.05, 4.69) is 5.32 Å². The van der Waals surface area contributed by atoms with Crippen molar-refractivity contribution in [3.8, 4) is 0 Å². The Hall–Kier alpha value is -1.06. The third-order valence-corrected chi connectivity index (χ3v) is 4.91. The maximum Gasteiger partial charge on any atom is 0.221 e. The highest BCUT2D eigenvalue weighted by Crippen LogP contribution is 2.46. The molecule has 2 aliphatic rings. The van der Waals surface area contributed by atoms with Crippen LogP contribution in [0.3, 0.4) is 0 Å². The van der Waals surface area contributed by atoms with Gasteiger partial charge in [0, 0.05) is 17.5 Å². The number of carbonyl (C=O) groups excluding carboxylic acids is 1. The number of hydrogen-bond acceptors (Lipinski definition) is 2. The molecule has 20 heavy (non-hydrogen) atoms. The Morgan fingerprint density at radius 2 is 2.20 bits per heavy atom. The van der Waals surface area contributed by atoms with Crippen molar-refractivity contribution in [2.75, 3.05) is 0 Å². The van der Waals surface area contributed by atoms with Crippen molar-refractivity contribution in [1.29, 1.82) is 0 Å². The Labute approximate surface area is 124 Å². The van der Waals surface area contributed by atoms with Gasteiger partial charge in [0.05, 0.1) is 5.54 Å². The van der Waals surface area contributed by atoms with E-state index in [9.17, 15) is 4.79 Å². The molecule has 0 radical (unpaired) electrons. The first-order valence-electron chi connectivity index (χ1n) is 7.42. The fourth-order valence-corrected chi connectivity index (χ4v) is 3.46. The molecule has 0 saturated heterocycles. The topological polar surface area (TPSA) is 55.1 Å². The van der Waals surface area contributed by atoms with Crippen LogP contribution in [-0.2, 0) is 10.3 Å². The fourth-order valence-electron chi connectivity index (χ4n) is 3.27. The van der Waals surface area contributed by atoms with E-state index in [-0.39, 0.29) is 17.5 Å². The lowest BCUT2D eigenvalue weighted by Gasteiger charge is -2.21. The summed E-state index contributed by atoms with van der Waals surface area (Å²) in [6.07, 6.45) is 5.84. The van der Waals surface area contributed by atoms with Crippen molar-refractivity contribution in [3.05, 3.63) is 34.9 Å². The van der Waals surface area contributed by atoms with Crippen LogP contribution in [-0.4, -0.2) is 11.9 Å². The Morgan fingerprint density at radius 3 is 2.80 bits per heavy atom. The molecule has 2 aliphatic carbocycles. The van der Waals surface area contributed by atoms with Gasteiger partial charge in [0.25, 0.3) is 0 Å². The minimum atomic E-state index is -0.176. The van der Waals surface area contributed by atoms with E-state index in [1.54, 1.807) is 0 Å². The largest absolute Gasteiger partial charge is 0.347 e. The number of amides is 1. The van der Waals surface area contributed by atoms with Gasteiger partial charge in [0.2, 0.25) is 5.91 Å². The first kappa shape index (κ1) is 13.9. The summed E-state index contributed by atoms with van der Waals surface area (Å²) in [4.78, 5) is 12.3. The van der Waals surface area contributed by atoms with Crippen molar-refractivity contribution in [1.82, 2.24) is 5.32 Å². The third kappa shape index (κ3) is 2.84.